The second-order valence-corrected chi connectivity index (χ2v) is 6.43. The molecule has 6 nitrogen and oxygen atoms in total. The molecular weight excluding hydrogens is 328 g/mol. The zero-order valence-electron chi connectivity index (χ0n) is 12.1. The minimum absolute atomic E-state index is 0.195. The molecular formula is C14H15ClN2O4S. The van der Waals surface area contributed by atoms with Crippen LogP contribution in [-0.2, 0) is 14.4 Å². The van der Waals surface area contributed by atoms with E-state index in [1.807, 2.05) is 0 Å². The molecule has 118 valence electrons. The summed E-state index contributed by atoms with van der Waals surface area (Å²) in [7, 11) is 1.47. The molecule has 1 aromatic carbocycles. The zero-order valence-corrected chi connectivity index (χ0v) is 13.7. The second-order valence-electron chi connectivity index (χ2n) is 4.66. The van der Waals surface area contributed by atoms with Crippen molar-refractivity contribution in [1.29, 1.82) is 0 Å². The van der Waals surface area contributed by atoms with Crippen LogP contribution in [0.5, 0.6) is 5.75 Å². The molecule has 1 saturated heterocycles. The standard InChI is InChI=1S/C14H15ClN2O4S/c1-8-14(20)17(13(19)7-22-8)6-12(18)16-10-5-9(15)3-4-11(10)21-2/h3-5,8H,6-7H2,1-2H3,(H,16,18)/t8-/m1/s1. The third kappa shape index (κ3) is 3.72. The Morgan fingerprint density at radius 2 is 2.23 bits per heavy atom. The SMILES string of the molecule is COc1ccc(Cl)cc1NC(=O)CN1C(=O)CS[C@H](C)C1=O. The summed E-state index contributed by atoms with van der Waals surface area (Å²) in [6.07, 6.45) is 0. The first-order valence-corrected chi connectivity index (χ1v) is 7.94. The largest absolute Gasteiger partial charge is 0.495 e. The summed E-state index contributed by atoms with van der Waals surface area (Å²) in [4.78, 5) is 36.8. The van der Waals surface area contributed by atoms with Gasteiger partial charge in [-0.25, -0.2) is 0 Å². The number of nitrogens with one attached hydrogen (secondary N) is 1. The third-order valence-corrected chi connectivity index (χ3v) is 4.46. The van der Waals surface area contributed by atoms with Crippen molar-refractivity contribution in [2.75, 3.05) is 24.7 Å². The minimum Gasteiger partial charge on any atom is -0.495 e. The summed E-state index contributed by atoms with van der Waals surface area (Å²) < 4.78 is 5.13. The minimum atomic E-state index is -0.485. The molecule has 22 heavy (non-hydrogen) atoms. The Bertz CT molecular complexity index is 623. The normalized spacial score (nSPS) is 18.3. The van der Waals surface area contributed by atoms with Crippen LogP contribution >= 0.6 is 23.4 Å². The number of carbonyl (C=O) groups is 3. The summed E-state index contributed by atoms with van der Waals surface area (Å²) in [6, 6.07) is 4.79. The van der Waals surface area contributed by atoms with E-state index in [2.05, 4.69) is 5.32 Å². The van der Waals surface area contributed by atoms with Crippen LogP contribution in [0.25, 0.3) is 0 Å². The molecule has 1 N–H and O–H groups in total. The number of hydrogen-bond donors (Lipinski definition) is 1. The van der Waals surface area contributed by atoms with E-state index < -0.39 is 5.91 Å². The molecule has 0 spiro atoms. The quantitative estimate of drug-likeness (QED) is 0.844. The molecule has 1 fully saturated rings. The van der Waals surface area contributed by atoms with Gasteiger partial charge in [0.05, 0.1) is 23.8 Å². The van der Waals surface area contributed by atoms with E-state index >= 15 is 0 Å². The number of methoxy groups -OCH3 is 1. The second kappa shape index (κ2) is 7.02. The van der Waals surface area contributed by atoms with E-state index in [0.29, 0.717) is 16.5 Å². The third-order valence-electron chi connectivity index (χ3n) is 3.11. The lowest BCUT2D eigenvalue weighted by atomic mass is 10.3. The summed E-state index contributed by atoms with van der Waals surface area (Å²) >= 11 is 7.15. The van der Waals surface area contributed by atoms with Crippen LogP contribution in [0.2, 0.25) is 5.02 Å². The van der Waals surface area contributed by atoms with E-state index in [9.17, 15) is 14.4 Å². The molecule has 0 unspecified atom stereocenters. The van der Waals surface area contributed by atoms with Gasteiger partial charge in [0.15, 0.2) is 0 Å². The summed E-state index contributed by atoms with van der Waals surface area (Å²) in [5.41, 5.74) is 0.388. The lowest BCUT2D eigenvalue weighted by Gasteiger charge is -2.27. The highest BCUT2D eigenvalue weighted by atomic mass is 35.5. The van der Waals surface area contributed by atoms with Crippen LogP contribution in [0.15, 0.2) is 18.2 Å². The van der Waals surface area contributed by atoms with Crippen LogP contribution in [0.4, 0.5) is 5.69 Å². The average molecular weight is 343 g/mol. The van der Waals surface area contributed by atoms with Gasteiger partial charge in [0.2, 0.25) is 17.7 Å². The van der Waals surface area contributed by atoms with Gasteiger partial charge in [-0.3, -0.25) is 19.3 Å². The van der Waals surface area contributed by atoms with Crippen LogP contribution in [0.1, 0.15) is 6.92 Å². The first-order chi connectivity index (χ1) is 10.4. The number of halogens is 1. The number of imide groups is 1. The predicted molar refractivity (Wildman–Crippen MR) is 85.3 cm³/mol. The lowest BCUT2D eigenvalue weighted by Crippen LogP contribution is -2.49. The maximum absolute atomic E-state index is 12.1. The fourth-order valence-corrected chi connectivity index (χ4v) is 2.96. The molecule has 3 amide bonds. The first-order valence-electron chi connectivity index (χ1n) is 6.51. The molecule has 0 aliphatic carbocycles. The van der Waals surface area contributed by atoms with Gasteiger partial charge in [-0.05, 0) is 25.1 Å². The molecule has 1 aliphatic heterocycles. The van der Waals surface area contributed by atoms with Gasteiger partial charge < -0.3 is 10.1 Å². The van der Waals surface area contributed by atoms with Crippen molar-refractivity contribution >= 4 is 46.8 Å². The average Bonchev–Trinajstić information content (AvgIpc) is 2.48. The monoisotopic (exact) mass is 342 g/mol. The molecule has 1 heterocycles. The Hall–Kier alpha value is -1.73. The summed E-state index contributed by atoms with van der Waals surface area (Å²) in [6.45, 7) is 1.39. The number of benzene rings is 1. The number of thioether (sulfide) groups is 1. The predicted octanol–water partition coefficient (Wildman–Crippen LogP) is 1.78. The fraction of sp³-hybridized carbons (Fsp3) is 0.357. The Balaban J connectivity index is 2.08. The Kier molecular flexibility index (Phi) is 5.31. The number of nitrogens with zero attached hydrogens (tertiary/aromatic N) is 1. The first kappa shape index (κ1) is 16.6. The smallest absolute Gasteiger partial charge is 0.244 e. The Labute approximate surface area is 137 Å². The van der Waals surface area contributed by atoms with Crippen molar-refractivity contribution < 1.29 is 19.1 Å². The molecule has 0 radical (unpaired) electrons. The summed E-state index contributed by atoms with van der Waals surface area (Å²) in [5, 5.41) is 2.71. The van der Waals surface area contributed by atoms with E-state index in [1.54, 1.807) is 19.1 Å². The highest BCUT2D eigenvalue weighted by Gasteiger charge is 2.33. The van der Waals surface area contributed by atoms with Crippen molar-refractivity contribution in [3.8, 4) is 5.75 Å². The molecule has 1 aromatic rings. The van der Waals surface area contributed by atoms with Crippen molar-refractivity contribution in [3.63, 3.8) is 0 Å². The number of carbonyl (C=O) groups excluding carboxylic acids is 3. The topological polar surface area (TPSA) is 75.7 Å². The van der Waals surface area contributed by atoms with Gasteiger partial charge >= 0.3 is 0 Å². The number of rotatable bonds is 4. The van der Waals surface area contributed by atoms with E-state index in [0.717, 1.165) is 4.90 Å². The maximum Gasteiger partial charge on any atom is 0.244 e. The molecule has 1 aliphatic rings. The molecule has 1 atom stereocenters. The van der Waals surface area contributed by atoms with E-state index in [-0.39, 0.29) is 29.4 Å². The molecule has 2 rings (SSSR count). The van der Waals surface area contributed by atoms with E-state index in [4.69, 9.17) is 16.3 Å². The van der Waals surface area contributed by atoms with Crippen molar-refractivity contribution in [3.05, 3.63) is 23.2 Å². The van der Waals surface area contributed by atoms with Gasteiger partial charge in [0.25, 0.3) is 0 Å². The highest BCUT2D eigenvalue weighted by molar-refractivity contribution is 8.01. The number of ether oxygens (including phenoxy) is 1. The van der Waals surface area contributed by atoms with Crippen LogP contribution in [0.3, 0.4) is 0 Å². The lowest BCUT2D eigenvalue weighted by molar-refractivity contribution is -0.145. The van der Waals surface area contributed by atoms with Gasteiger partial charge in [0, 0.05) is 5.02 Å². The van der Waals surface area contributed by atoms with Crippen molar-refractivity contribution in [1.82, 2.24) is 4.90 Å². The van der Waals surface area contributed by atoms with Crippen molar-refractivity contribution in [2.24, 2.45) is 0 Å². The molecule has 0 bridgehead atoms. The Morgan fingerprint density at radius 3 is 2.91 bits per heavy atom. The number of anilines is 1. The van der Waals surface area contributed by atoms with Gasteiger partial charge in [-0.2, -0.15) is 0 Å². The van der Waals surface area contributed by atoms with Crippen LogP contribution in [0, 0.1) is 0 Å². The van der Waals surface area contributed by atoms with Crippen LogP contribution < -0.4 is 10.1 Å². The maximum atomic E-state index is 12.1. The molecule has 0 saturated carbocycles. The van der Waals surface area contributed by atoms with Crippen LogP contribution in [-0.4, -0.2) is 47.3 Å². The molecule has 8 heteroatoms. The summed E-state index contributed by atoms with van der Waals surface area (Å²) in [5.74, 6) is -0.559. The zero-order chi connectivity index (χ0) is 16.3. The van der Waals surface area contributed by atoms with Gasteiger partial charge in [-0.15, -0.1) is 11.8 Å². The van der Waals surface area contributed by atoms with Gasteiger partial charge in [-0.1, -0.05) is 11.6 Å². The van der Waals surface area contributed by atoms with E-state index in [1.165, 1.54) is 24.9 Å². The number of hydrogen-bond acceptors (Lipinski definition) is 5. The number of amides is 3. The highest BCUT2D eigenvalue weighted by Crippen LogP contribution is 2.27. The fourth-order valence-electron chi connectivity index (χ4n) is 1.97. The molecule has 0 aromatic heterocycles. The Morgan fingerprint density at radius 1 is 1.50 bits per heavy atom. The van der Waals surface area contributed by atoms with Gasteiger partial charge in [0.1, 0.15) is 12.3 Å². The van der Waals surface area contributed by atoms with Crippen molar-refractivity contribution in [2.45, 2.75) is 12.2 Å².